The molecule has 94 valence electrons. The molecule has 2 aliphatic rings. The van der Waals surface area contributed by atoms with Crippen molar-refractivity contribution in [3.8, 4) is 0 Å². The zero-order valence-corrected chi connectivity index (χ0v) is 9.93. The van der Waals surface area contributed by atoms with Gasteiger partial charge in [0.05, 0.1) is 0 Å². The summed E-state index contributed by atoms with van der Waals surface area (Å²) in [6, 6.07) is 7.27. The number of nitrogens with one attached hydrogen (secondary N) is 1. The molecule has 4 nitrogen and oxygen atoms in total. The fraction of sp³-hybridized carbons (Fsp3) is 0.429. The van der Waals surface area contributed by atoms with E-state index in [2.05, 4.69) is 17.4 Å². The predicted molar refractivity (Wildman–Crippen MR) is 65.3 cm³/mol. The Labute approximate surface area is 105 Å². The lowest BCUT2D eigenvalue weighted by Crippen LogP contribution is -2.36. The van der Waals surface area contributed by atoms with Gasteiger partial charge in [-0.2, -0.15) is 0 Å². The molecule has 2 unspecified atom stereocenters. The molecule has 3 rings (SSSR count). The van der Waals surface area contributed by atoms with Crippen molar-refractivity contribution in [2.24, 2.45) is 0 Å². The van der Waals surface area contributed by atoms with Crippen molar-refractivity contribution >= 4 is 11.9 Å². The molecule has 2 atom stereocenters. The summed E-state index contributed by atoms with van der Waals surface area (Å²) < 4.78 is 0. The van der Waals surface area contributed by atoms with Gasteiger partial charge in [0.15, 0.2) is 0 Å². The Morgan fingerprint density at radius 2 is 1.78 bits per heavy atom. The van der Waals surface area contributed by atoms with Gasteiger partial charge in [-0.3, -0.25) is 4.79 Å². The maximum absolute atomic E-state index is 11.4. The summed E-state index contributed by atoms with van der Waals surface area (Å²) in [4.78, 5) is 22.5. The SMILES string of the molecule is O=C1CC(c2ccc(C3CC3)cc2)C(C(=O)O)N1. The lowest BCUT2D eigenvalue weighted by molar-refractivity contribution is -0.140. The number of aliphatic carboxylic acids is 1. The highest BCUT2D eigenvalue weighted by atomic mass is 16.4. The first-order chi connectivity index (χ1) is 8.65. The van der Waals surface area contributed by atoms with Gasteiger partial charge in [0.2, 0.25) is 5.91 Å². The molecule has 2 N–H and O–H groups in total. The van der Waals surface area contributed by atoms with Gasteiger partial charge in [-0.15, -0.1) is 0 Å². The minimum atomic E-state index is -0.961. The molecule has 1 saturated heterocycles. The summed E-state index contributed by atoms with van der Waals surface area (Å²) in [5.74, 6) is -0.698. The number of hydrogen-bond acceptors (Lipinski definition) is 2. The number of carboxylic acid groups (broad SMARTS) is 1. The third kappa shape index (κ3) is 1.98. The standard InChI is InChI=1S/C14H15NO3/c16-12-7-11(13(15-12)14(17)18)10-5-3-9(4-6-10)8-1-2-8/h3-6,8,11,13H,1-2,7H2,(H,15,16)(H,17,18). The highest BCUT2D eigenvalue weighted by Crippen LogP contribution is 2.40. The minimum absolute atomic E-state index is 0.182. The maximum atomic E-state index is 11.4. The van der Waals surface area contributed by atoms with E-state index in [1.54, 1.807) is 0 Å². The van der Waals surface area contributed by atoms with Gasteiger partial charge >= 0.3 is 5.97 Å². The Hall–Kier alpha value is -1.84. The fourth-order valence-electron chi connectivity index (χ4n) is 2.63. The van der Waals surface area contributed by atoms with Crippen molar-refractivity contribution in [3.05, 3.63) is 35.4 Å². The molecule has 0 spiro atoms. The van der Waals surface area contributed by atoms with E-state index in [0.717, 1.165) is 5.56 Å². The van der Waals surface area contributed by atoms with Gasteiger partial charge in [-0.1, -0.05) is 24.3 Å². The summed E-state index contributed by atoms with van der Waals surface area (Å²) in [7, 11) is 0. The molecule has 4 heteroatoms. The van der Waals surface area contributed by atoms with Crippen LogP contribution in [0.3, 0.4) is 0 Å². The van der Waals surface area contributed by atoms with Crippen LogP contribution in [-0.2, 0) is 9.59 Å². The van der Waals surface area contributed by atoms with E-state index in [0.29, 0.717) is 5.92 Å². The summed E-state index contributed by atoms with van der Waals surface area (Å²) in [5, 5.41) is 11.6. The minimum Gasteiger partial charge on any atom is -0.480 e. The van der Waals surface area contributed by atoms with Crippen LogP contribution >= 0.6 is 0 Å². The summed E-state index contributed by atoms with van der Waals surface area (Å²) in [5.41, 5.74) is 2.26. The third-order valence-corrected chi connectivity index (χ3v) is 3.80. The van der Waals surface area contributed by atoms with E-state index in [9.17, 15) is 9.59 Å². The fourth-order valence-corrected chi connectivity index (χ4v) is 2.63. The van der Waals surface area contributed by atoms with Gasteiger partial charge in [-0.25, -0.2) is 4.79 Å². The monoisotopic (exact) mass is 245 g/mol. The lowest BCUT2D eigenvalue weighted by Gasteiger charge is -2.15. The second-order valence-electron chi connectivity index (χ2n) is 5.13. The first kappa shape index (κ1) is 11.3. The van der Waals surface area contributed by atoms with Gasteiger partial charge < -0.3 is 10.4 Å². The molecular weight excluding hydrogens is 230 g/mol. The smallest absolute Gasteiger partial charge is 0.326 e. The number of amides is 1. The Kier molecular flexibility index (Phi) is 2.58. The zero-order valence-electron chi connectivity index (χ0n) is 9.93. The molecule has 0 bridgehead atoms. The quantitative estimate of drug-likeness (QED) is 0.850. The number of carbonyl (C=O) groups is 2. The first-order valence-electron chi connectivity index (χ1n) is 6.27. The number of benzene rings is 1. The third-order valence-electron chi connectivity index (χ3n) is 3.80. The van der Waals surface area contributed by atoms with Crippen molar-refractivity contribution in [2.45, 2.75) is 37.1 Å². The van der Waals surface area contributed by atoms with Crippen molar-refractivity contribution in [1.82, 2.24) is 5.32 Å². The van der Waals surface area contributed by atoms with Crippen LogP contribution in [0, 0.1) is 0 Å². The van der Waals surface area contributed by atoms with E-state index in [4.69, 9.17) is 5.11 Å². The van der Waals surface area contributed by atoms with Crippen LogP contribution in [0.15, 0.2) is 24.3 Å². The van der Waals surface area contributed by atoms with Crippen LogP contribution in [0.1, 0.15) is 42.2 Å². The number of carbonyl (C=O) groups excluding carboxylic acids is 1. The van der Waals surface area contributed by atoms with E-state index in [-0.39, 0.29) is 18.2 Å². The Balaban J connectivity index is 1.83. The topological polar surface area (TPSA) is 66.4 Å². The van der Waals surface area contributed by atoms with E-state index in [1.165, 1.54) is 18.4 Å². The molecule has 0 aromatic heterocycles. The Morgan fingerprint density at radius 3 is 2.33 bits per heavy atom. The highest BCUT2D eigenvalue weighted by molar-refractivity contribution is 5.89. The van der Waals surface area contributed by atoms with Crippen molar-refractivity contribution in [1.29, 1.82) is 0 Å². The number of rotatable bonds is 3. The molecule has 1 aliphatic heterocycles. The molecule has 1 aromatic carbocycles. The molecule has 1 aromatic rings. The summed E-state index contributed by atoms with van der Waals surface area (Å²) >= 11 is 0. The number of hydrogen-bond donors (Lipinski definition) is 2. The van der Waals surface area contributed by atoms with E-state index in [1.807, 2.05) is 12.1 Å². The predicted octanol–water partition coefficient (Wildman–Crippen LogP) is 1.62. The summed E-state index contributed by atoms with van der Waals surface area (Å²) in [6.45, 7) is 0. The molecule has 18 heavy (non-hydrogen) atoms. The molecule has 0 radical (unpaired) electrons. The lowest BCUT2D eigenvalue weighted by atomic mass is 9.91. The van der Waals surface area contributed by atoms with Gasteiger partial charge in [0.25, 0.3) is 0 Å². The largest absolute Gasteiger partial charge is 0.480 e. The van der Waals surface area contributed by atoms with Crippen molar-refractivity contribution in [2.75, 3.05) is 0 Å². The van der Waals surface area contributed by atoms with Crippen LogP contribution in [0.5, 0.6) is 0 Å². The molecule has 1 aliphatic carbocycles. The van der Waals surface area contributed by atoms with Gasteiger partial charge in [0.1, 0.15) is 6.04 Å². The van der Waals surface area contributed by atoms with Crippen LogP contribution in [0.4, 0.5) is 0 Å². The average molecular weight is 245 g/mol. The van der Waals surface area contributed by atoms with Crippen molar-refractivity contribution < 1.29 is 14.7 Å². The van der Waals surface area contributed by atoms with Crippen LogP contribution in [0.2, 0.25) is 0 Å². The van der Waals surface area contributed by atoms with Gasteiger partial charge in [0, 0.05) is 12.3 Å². The second kappa shape index (κ2) is 4.12. The average Bonchev–Trinajstić information content (AvgIpc) is 3.12. The van der Waals surface area contributed by atoms with E-state index < -0.39 is 12.0 Å². The zero-order chi connectivity index (χ0) is 12.7. The Bertz CT molecular complexity index is 490. The van der Waals surface area contributed by atoms with E-state index >= 15 is 0 Å². The normalized spacial score (nSPS) is 27.0. The summed E-state index contributed by atoms with van der Waals surface area (Å²) in [6.07, 6.45) is 2.76. The highest BCUT2D eigenvalue weighted by Gasteiger charge is 2.38. The molecule has 1 saturated carbocycles. The Morgan fingerprint density at radius 1 is 1.17 bits per heavy atom. The van der Waals surface area contributed by atoms with Crippen LogP contribution in [-0.4, -0.2) is 23.0 Å². The maximum Gasteiger partial charge on any atom is 0.326 e. The molecule has 2 fully saturated rings. The molecule has 1 amide bonds. The van der Waals surface area contributed by atoms with Crippen molar-refractivity contribution in [3.63, 3.8) is 0 Å². The van der Waals surface area contributed by atoms with Crippen LogP contribution < -0.4 is 5.32 Å². The van der Waals surface area contributed by atoms with Gasteiger partial charge in [-0.05, 0) is 29.9 Å². The second-order valence-corrected chi connectivity index (χ2v) is 5.13. The molecular formula is C14H15NO3. The first-order valence-corrected chi connectivity index (χ1v) is 6.27. The number of carboxylic acids is 1. The molecule has 1 heterocycles. The van der Waals surface area contributed by atoms with Crippen LogP contribution in [0.25, 0.3) is 0 Å².